The van der Waals surface area contributed by atoms with Gasteiger partial charge in [0.1, 0.15) is 36.0 Å². The Morgan fingerprint density at radius 1 is 0.826 bits per heavy atom. The lowest BCUT2D eigenvalue weighted by Crippen LogP contribution is -2.58. The van der Waals surface area contributed by atoms with Crippen LogP contribution in [0.15, 0.2) is 91.0 Å². The van der Waals surface area contributed by atoms with E-state index < -0.39 is 58.6 Å². The van der Waals surface area contributed by atoms with E-state index in [4.69, 9.17) is 4.74 Å². The molecule has 1 aliphatic heterocycles. The number of carbonyl (C=O) groups excluding carboxylic acids is 3. The predicted molar refractivity (Wildman–Crippen MR) is 173 cm³/mol. The molecule has 2 N–H and O–H groups in total. The molecule has 9 heteroatoms. The number of alkyl carbamates (subject to hydrolysis) is 1. The Hall–Kier alpha value is -5.05. The zero-order chi connectivity index (χ0) is 32.7. The number of benzene rings is 4. The standard InChI is InChI=1S/C37H35F2N3O4/c1-21(2)31(41-36(45)46-20-26-24-14-7-5-12-22(24)23-13-6-8-15-25(23)26)35(44)42-30-19-10-9-16-27(30)37(3,4)33(42)34(43)40-32-28(38)17-11-18-29(32)39/h5-19,21,26,31,33H,20H2,1-4H3,(H,40,43)(H,41,45)/t31?,33-/m1/s1. The molecule has 3 amide bonds. The summed E-state index contributed by atoms with van der Waals surface area (Å²) in [6, 6.07) is 24.1. The van der Waals surface area contributed by atoms with Gasteiger partial charge in [0.2, 0.25) is 5.91 Å². The minimum atomic E-state index is -1.18. The highest BCUT2D eigenvalue weighted by molar-refractivity contribution is 6.10. The number of halogens is 2. The highest BCUT2D eigenvalue weighted by atomic mass is 19.1. The fraction of sp³-hybridized carbons (Fsp3) is 0.270. The van der Waals surface area contributed by atoms with Crippen LogP contribution in [0.3, 0.4) is 0 Å². The molecule has 1 heterocycles. The number of para-hydroxylation sites is 2. The number of carbonyl (C=O) groups is 3. The Balaban J connectivity index is 1.25. The molecular formula is C37H35F2N3O4. The van der Waals surface area contributed by atoms with Crippen molar-refractivity contribution >= 4 is 29.3 Å². The summed E-state index contributed by atoms with van der Waals surface area (Å²) in [4.78, 5) is 42.8. The maximum Gasteiger partial charge on any atom is 0.407 e. The maximum atomic E-state index is 14.5. The van der Waals surface area contributed by atoms with E-state index in [0.29, 0.717) is 11.3 Å². The summed E-state index contributed by atoms with van der Waals surface area (Å²) in [6.45, 7) is 7.22. The number of fused-ring (bicyclic) bond motifs is 4. The van der Waals surface area contributed by atoms with Crippen LogP contribution in [0.1, 0.15) is 50.3 Å². The zero-order valence-corrected chi connectivity index (χ0v) is 26.0. The van der Waals surface area contributed by atoms with Gasteiger partial charge in [-0.25, -0.2) is 13.6 Å². The predicted octanol–water partition coefficient (Wildman–Crippen LogP) is 7.16. The topological polar surface area (TPSA) is 87.7 Å². The molecule has 1 unspecified atom stereocenters. The number of hydrogen-bond donors (Lipinski definition) is 2. The highest BCUT2D eigenvalue weighted by Gasteiger charge is 2.52. The molecule has 1 aliphatic carbocycles. The van der Waals surface area contributed by atoms with Crippen LogP contribution in [0, 0.1) is 17.6 Å². The Kier molecular flexibility index (Phi) is 8.10. The Labute approximate surface area is 266 Å². The lowest BCUT2D eigenvalue weighted by molar-refractivity contribution is -0.126. The fourth-order valence-corrected chi connectivity index (χ4v) is 6.77. The highest BCUT2D eigenvalue weighted by Crippen LogP contribution is 2.47. The minimum Gasteiger partial charge on any atom is -0.449 e. The smallest absolute Gasteiger partial charge is 0.407 e. The summed E-state index contributed by atoms with van der Waals surface area (Å²) >= 11 is 0. The van der Waals surface area contributed by atoms with Gasteiger partial charge in [0.25, 0.3) is 5.91 Å². The molecule has 0 fully saturated rings. The maximum absolute atomic E-state index is 14.5. The van der Waals surface area contributed by atoms with Crippen molar-refractivity contribution in [2.75, 3.05) is 16.8 Å². The van der Waals surface area contributed by atoms with Crippen molar-refractivity contribution in [3.8, 4) is 11.1 Å². The third-order valence-electron chi connectivity index (χ3n) is 9.05. The minimum absolute atomic E-state index is 0.0671. The molecule has 6 rings (SSSR count). The van der Waals surface area contributed by atoms with E-state index in [2.05, 4.69) is 10.6 Å². The monoisotopic (exact) mass is 623 g/mol. The molecule has 4 aromatic carbocycles. The van der Waals surface area contributed by atoms with Crippen molar-refractivity contribution in [2.24, 2.45) is 5.92 Å². The van der Waals surface area contributed by atoms with Gasteiger partial charge in [0.05, 0.1) is 0 Å². The molecular weight excluding hydrogens is 588 g/mol. The van der Waals surface area contributed by atoms with Crippen LogP contribution < -0.4 is 15.5 Å². The van der Waals surface area contributed by atoms with E-state index in [1.165, 1.54) is 11.0 Å². The summed E-state index contributed by atoms with van der Waals surface area (Å²) in [5.74, 6) is -3.73. The lowest BCUT2D eigenvalue weighted by atomic mass is 9.80. The van der Waals surface area contributed by atoms with Gasteiger partial charge in [-0.2, -0.15) is 0 Å². The number of rotatable bonds is 7. The second-order valence-electron chi connectivity index (χ2n) is 12.6. The average Bonchev–Trinajstić information content (AvgIpc) is 3.48. The molecule has 0 bridgehead atoms. The van der Waals surface area contributed by atoms with Crippen molar-refractivity contribution in [1.82, 2.24) is 5.32 Å². The van der Waals surface area contributed by atoms with Gasteiger partial charge < -0.3 is 15.4 Å². The lowest BCUT2D eigenvalue weighted by Gasteiger charge is -2.35. The molecule has 2 atom stereocenters. The number of anilines is 2. The first-order chi connectivity index (χ1) is 22.0. The van der Waals surface area contributed by atoms with E-state index in [1.807, 2.05) is 54.6 Å². The van der Waals surface area contributed by atoms with Crippen molar-refractivity contribution in [3.63, 3.8) is 0 Å². The van der Waals surface area contributed by atoms with E-state index in [-0.39, 0.29) is 12.5 Å². The second-order valence-corrected chi connectivity index (χ2v) is 12.6. The van der Waals surface area contributed by atoms with Crippen molar-refractivity contribution < 1.29 is 27.9 Å². The van der Waals surface area contributed by atoms with Gasteiger partial charge in [-0.3, -0.25) is 14.5 Å². The van der Waals surface area contributed by atoms with Gasteiger partial charge in [0.15, 0.2) is 0 Å². The van der Waals surface area contributed by atoms with Crippen LogP contribution in [0.5, 0.6) is 0 Å². The molecule has 4 aromatic rings. The first-order valence-corrected chi connectivity index (χ1v) is 15.3. The van der Waals surface area contributed by atoms with Crippen LogP contribution in [-0.4, -0.2) is 36.6 Å². The summed E-state index contributed by atoms with van der Waals surface area (Å²) < 4.78 is 34.8. The molecule has 0 saturated carbocycles. The molecule has 236 valence electrons. The zero-order valence-electron chi connectivity index (χ0n) is 26.0. The Morgan fingerprint density at radius 2 is 1.39 bits per heavy atom. The summed E-state index contributed by atoms with van der Waals surface area (Å²) in [6.07, 6.45) is -0.768. The van der Waals surface area contributed by atoms with Gasteiger partial charge in [-0.15, -0.1) is 0 Å². The van der Waals surface area contributed by atoms with Crippen molar-refractivity contribution in [3.05, 3.63) is 119 Å². The fourth-order valence-electron chi connectivity index (χ4n) is 6.77. The van der Waals surface area contributed by atoms with E-state index in [1.54, 1.807) is 45.9 Å². The number of hydrogen-bond acceptors (Lipinski definition) is 4. The summed E-state index contributed by atoms with van der Waals surface area (Å²) in [7, 11) is 0. The van der Waals surface area contributed by atoms with Gasteiger partial charge in [0, 0.05) is 17.0 Å². The van der Waals surface area contributed by atoms with Crippen LogP contribution in [-0.2, 0) is 19.7 Å². The molecule has 2 aliphatic rings. The first kappa shape index (κ1) is 31.0. The SMILES string of the molecule is CC(C)C(NC(=O)OCC1c2ccccc2-c2ccccc21)C(=O)N1c2ccccc2C(C)(C)[C@H]1C(=O)Nc1c(F)cccc1F. The van der Waals surface area contributed by atoms with Crippen molar-refractivity contribution in [2.45, 2.75) is 51.1 Å². The van der Waals surface area contributed by atoms with E-state index in [0.717, 1.165) is 34.4 Å². The van der Waals surface area contributed by atoms with Crippen molar-refractivity contribution in [1.29, 1.82) is 0 Å². The molecule has 0 aromatic heterocycles. The molecule has 46 heavy (non-hydrogen) atoms. The number of amides is 3. The van der Waals surface area contributed by atoms with Gasteiger partial charge >= 0.3 is 6.09 Å². The van der Waals surface area contributed by atoms with Gasteiger partial charge in [-0.05, 0) is 51.9 Å². The van der Waals surface area contributed by atoms with Gasteiger partial charge in [-0.1, -0.05) is 100 Å². The normalized spacial score (nSPS) is 16.8. The molecule has 7 nitrogen and oxygen atoms in total. The van der Waals surface area contributed by atoms with E-state index >= 15 is 0 Å². The van der Waals surface area contributed by atoms with E-state index in [9.17, 15) is 23.2 Å². The molecule has 0 spiro atoms. The first-order valence-electron chi connectivity index (χ1n) is 15.3. The van der Waals surface area contributed by atoms with Crippen LogP contribution in [0.2, 0.25) is 0 Å². The largest absolute Gasteiger partial charge is 0.449 e. The average molecular weight is 624 g/mol. The number of nitrogens with zero attached hydrogens (tertiary/aromatic N) is 1. The van der Waals surface area contributed by atoms with Crippen LogP contribution in [0.25, 0.3) is 11.1 Å². The Morgan fingerprint density at radius 3 is 2.00 bits per heavy atom. The number of nitrogens with one attached hydrogen (secondary N) is 2. The van der Waals surface area contributed by atoms with Crippen LogP contribution >= 0.6 is 0 Å². The Bertz CT molecular complexity index is 1770. The second kappa shape index (κ2) is 12.0. The number of ether oxygens (including phenoxy) is 1. The quantitative estimate of drug-likeness (QED) is 0.229. The molecule has 0 saturated heterocycles. The molecule has 0 radical (unpaired) electrons. The third kappa shape index (κ3) is 5.29. The third-order valence-corrected chi connectivity index (χ3v) is 9.05. The summed E-state index contributed by atoms with van der Waals surface area (Å²) in [5.41, 5.74) is 3.96. The summed E-state index contributed by atoms with van der Waals surface area (Å²) in [5, 5.41) is 5.12. The van der Waals surface area contributed by atoms with Crippen LogP contribution in [0.4, 0.5) is 25.0 Å².